The van der Waals surface area contributed by atoms with Gasteiger partial charge in [0.1, 0.15) is 5.60 Å². The zero-order valence-corrected chi connectivity index (χ0v) is 14.2. The molecule has 1 aromatic heterocycles. The van der Waals surface area contributed by atoms with Crippen molar-refractivity contribution in [3.8, 4) is 0 Å². The van der Waals surface area contributed by atoms with Crippen molar-refractivity contribution in [1.29, 1.82) is 0 Å². The number of nitrogens with two attached hydrogens (primary N) is 1. The number of carbonyl (C=O) groups excluding carboxylic acids is 1. The van der Waals surface area contributed by atoms with Gasteiger partial charge in [-0.25, -0.2) is 4.79 Å². The van der Waals surface area contributed by atoms with Gasteiger partial charge in [-0.3, -0.25) is 4.98 Å². The molecule has 0 spiro atoms. The zero-order valence-electron chi connectivity index (χ0n) is 14.2. The minimum atomic E-state index is -0.525. The standard InChI is InChI=1S/C18H25N3O2/c1-12-9-13(15-7-5-6-8-16(15)20-12)10-14(11-19)21-17(22)23-18(2,3)4/h5-9,14H,10-11,19H2,1-4H3,(H,21,22). The molecule has 5 nitrogen and oxygen atoms in total. The molecule has 0 aliphatic carbocycles. The van der Waals surface area contributed by atoms with Crippen LogP contribution < -0.4 is 11.1 Å². The highest BCUT2D eigenvalue weighted by molar-refractivity contribution is 5.82. The van der Waals surface area contributed by atoms with Gasteiger partial charge in [-0.1, -0.05) is 18.2 Å². The molecule has 23 heavy (non-hydrogen) atoms. The number of alkyl carbamates (subject to hydrolysis) is 1. The summed E-state index contributed by atoms with van der Waals surface area (Å²) in [5.74, 6) is 0. The number of pyridine rings is 1. The van der Waals surface area contributed by atoms with E-state index in [1.165, 1.54) is 0 Å². The fourth-order valence-corrected chi connectivity index (χ4v) is 2.50. The highest BCUT2D eigenvalue weighted by Gasteiger charge is 2.19. The van der Waals surface area contributed by atoms with Gasteiger partial charge in [-0.05, 0) is 51.8 Å². The average Bonchev–Trinajstić information content (AvgIpc) is 2.44. The Balaban J connectivity index is 2.17. The number of hydrogen-bond acceptors (Lipinski definition) is 4. The molecule has 1 aromatic carbocycles. The molecule has 2 rings (SSSR count). The number of para-hydroxylation sites is 1. The Morgan fingerprint density at radius 1 is 1.35 bits per heavy atom. The van der Waals surface area contributed by atoms with Crippen molar-refractivity contribution < 1.29 is 9.53 Å². The molecule has 124 valence electrons. The Morgan fingerprint density at radius 2 is 2.04 bits per heavy atom. The van der Waals surface area contributed by atoms with Crippen molar-refractivity contribution in [2.45, 2.75) is 45.8 Å². The Bertz CT molecular complexity index is 692. The fourth-order valence-electron chi connectivity index (χ4n) is 2.50. The van der Waals surface area contributed by atoms with Gasteiger partial charge in [-0.15, -0.1) is 0 Å². The van der Waals surface area contributed by atoms with Gasteiger partial charge in [0.15, 0.2) is 0 Å². The minimum absolute atomic E-state index is 0.185. The van der Waals surface area contributed by atoms with E-state index in [0.29, 0.717) is 13.0 Å². The predicted octanol–water partition coefficient (Wildman–Crippen LogP) is 2.94. The van der Waals surface area contributed by atoms with Crippen LogP contribution in [0.4, 0.5) is 4.79 Å². The second kappa shape index (κ2) is 6.96. The van der Waals surface area contributed by atoms with Crippen LogP contribution in [0.15, 0.2) is 30.3 Å². The molecule has 0 saturated heterocycles. The topological polar surface area (TPSA) is 77.2 Å². The zero-order chi connectivity index (χ0) is 17.0. The summed E-state index contributed by atoms with van der Waals surface area (Å²) in [4.78, 5) is 16.5. The van der Waals surface area contributed by atoms with E-state index in [9.17, 15) is 4.79 Å². The molecule has 2 aromatic rings. The van der Waals surface area contributed by atoms with Crippen LogP contribution in [0.2, 0.25) is 0 Å². The first kappa shape index (κ1) is 17.2. The van der Waals surface area contributed by atoms with Crippen molar-refractivity contribution in [2.75, 3.05) is 6.54 Å². The van der Waals surface area contributed by atoms with Crippen molar-refractivity contribution >= 4 is 17.0 Å². The maximum atomic E-state index is 11.9. The first-order valence-electron chi connectivity index (χ1n) is 7.83. The van der Waals surface area contributed by atoms with Crippen molar-refractivity contribution in [3.05, 3.63) is 41.6 Å². The Labute approximate surface area is 137 Å². The summed E-state index contributed by atoms with van der Waals surface area (Å²) >= 11 is 0. The summed E-state index contributed by atoms with van der Waals surface area (Å²) in [5, 5.41) is 3.93. The lowest BCUT2D eigenvalue weighted by Gasteiger charge is -2.23. The number of hydrogen-bond donors (Lipinski definition) is 2. The molecule has 0 aliphatic rings. The molecule has 0 fully saturated rings. The molecule has 0 bridgehead atoms. The Kier molecular flexibility index (Phi) is 5.21. The molecule has 1 amide bonds. The third-order valence-corrected chi connectivity index (χ3v) is 3.40. The van der Waals surface area contributed by atoms with E-state index in [1.807, 2.05) is 58.0 Å². The SMILES string of the molecule is Cc1cc(CC(CN)NC(=O)OC(C)(C)C)c2ccccc2n1. The van der Waals surface area contributed by atoms with Crippen molar-refractivity contribution in [1.82, 2.24) is 10.3 Å². The van der Waals surface area contributed by atoms with Gasteiger partial charge < -0.3 is 15.8 Å². The molecule has 0 saturated carbocycles. The van der Waals surface area contributed by atoms with E-state index in [-0.39, 0.29) is 6.04 Å². The molecule has 0 aliphatic heterocycles. The van der Waals surface area contributed by atoms with Crippen molar-refractivity contribution in [3.63, 3.8) is 0 Å². The number of fused-ring (bicyclic) bond motifs is 1. The van der Waals surface area contributed by atoms with Gasteiger partial charge in [0, 0.05) is 23.7 Å². The van der Waals surface area contributed by atoms with Crippen LogP contribution in [0.1, 0.15) is 32.0 Å². The van der Waals surface area contributed by atoms with Crippen LogP contribution in [-0.2, 0) is 11.2 Å². The smallest absolute Gasteiger partial charge is 0.407 e. The lowest BCUT2D eigenvalue weighted by atomic mass is 10.0. The highest BCUT2D eigenvalue weighted by Crippen LogP contribution is 2.19. The number of rotatable bonds is 4. The molecule has 1 atom stereocenters. The molecule has 1 unspecified atom stereocenters. The summed E-state index contributed by atoms with van der Waals surface area (Å²) < 4.78 is 5.30. The van der Waals surface area contributed by atoms with Crippen LogP contribution in [0.5, 0.6) is 0 Å². The van der Waals surface area contributed by atoms with E-state index < -0.39 is 11.7 Å². The minimum Gasteiger partial charge on any atom is -0.444 e. The van der Waals surface area contributed by atoms with Gasteiger partial charge in [0.05, 0.1) is 5.52 Å². The second-order valence-corrected chi connectivity index (χ2v) is 6.72. The van der Waals surface area contributed by atoms with Crippen molar-refractivity contribution in [2.24, 2.45) is 5.73 Å². The fraction of sp³-hybridized carbons (Fsp3) is 0.444. The molecular formula is C18H25N3O2. The molecular weight excluding hydrogens is 290 g/mol. The number of nitrogens with one attached hydrogen (secondary N) is 1. The number of amides is 1. The van der Waals surface area contributed by atoms with Crippen LogP contribution >= 0.6 is 0 Å². The van der Waals surface area contributed by atoms with E-state index in [2.05, 4.69) is 10.3 Å². The number of benzene rings is 1. The van der Waals surface area contributed by atoms with E-state index >= 15 is 0 Å². The lowest BCUT2D eigenvalue weighted by Crippen LogP contribution is -2.44. The molecule has 0 radical (unpaired) electrons. The summed E-state index contributed by atoms with van der Waals surface area (Å²) in [6.07, 6.45) is 0.197. The number of ether oxygens (including phenoxy) is 1. The van der Waals surface area contributed by atoms with Gasteiger partial charge in [0.25, 0.3) is 0 Å². The Hall–Kier alpha value is -2.14. The average molecular weight is 315 g/mol. The third kappa shape index (κ3) is 4.93. The summed E-state index contributed by atoms with van der Waals surface area (Å²) in [6, 6.07) is 9.85. The van der Waals surface area contributed by atoms with Crippen LogP contribution in [-0.4, -0.2) is 29.3 Å². The third-order valence-electron chi connectivity index (χ3n) is 3.40. The van der Waals surface area contributed by atoms with Gasteiger partial charge in [0.2, 0.25) is 0 Å². The van der Waals surface area contributed by atoms with E-state index in [1.54, 1.807) is 0 Å². The number of carbonyl (C=O) groups is 1. The molecule has 5 heteroatoms. The molecule has 3 N–H and O–H groups in total. The summed E-state index contributed by atoms with van der Waals surface area (Å²) in [7, 11) is 0. The first-order valence-corrected chi connectivity index (χ1v) is 7.83. The normalized spacial score (nSPS) is 12.9. The first-order chi connectivity index (χ1) is 10.8. The van der Waals surface area contributed by atoms with Gasteiger partial charge in [-0.2, -0.15) is 0 Å². The second-order valence-electron chi connectivity index (χ2n) is 6.72. The summed E-state index contributed by atoms with van der Waals surface area (Å²) in [5.41, 5.74) is 8.33. The maximum Gasteiger partial charge on any atom is 0.407 e. The number of aromatic nitrogens is 1. The Morgan fingerprint density at radius 3 is 2.70 bits per heavy atom. The number of nitrogens with zero attached hydrogens (tertiary/aromatic N) is 1. The maximum absolute atomic E-state index is 11.9. The summed E-state index contributed by atoms with van der Waals surface area (Å²) in [6.45, 7) is 7.82. The predicted molar refractivity (Wildman–Crippen MR) is 92.4 cm³/mol. The van der Waals surface area contributed by atoms with Crippen LogP contribution in [0, 0.1) is 6.92 Å². The van der Waals surface area contributed by atoms with Gasteiger partial charge >= 0.3 is 6.09 Å². The lowest BCUT2D eigenvalue weighted by molar-refractivity contribution is 0.0506. The number of aryl methyl sites for hydroxylation is 1. The highest BCUT2D eigenvalue weighted by atomic mass is 16.6. The van der Waals surface area contributed by atoms with Crippen LogP contribution in [0.3, 0.4) is 0 Å². The molecule has 1 heterocycles. The van der Waals surface area contributed by atoms with E-state index in [4.69, 9.17) is 10.5 Å². The van der Waals surface area contributed by atoms with E-state index in [0.717, 1.165) is 22.2 Å². The monoisotopic (exact) mass is 315 g/mol. The quantitative estimate of drug-likeness (QED) is 0.909. The largest absolute Gasteiger partial charge is 0.444 e. The van der Waals surface area contributed by atoms with Crippen LogP contribution in [0.25, 0.3) is 10.9 Å².